The van der Waals surface area contributed by atoms with Crippen molar-refractivity contribution in [3.05, 3.63) is 35.4 Å². The molecule has 102 valence electrons. The molecule has 0 radical (unpaired) electrons. The Morgan fingerprint density at radius 2 is 2.16 bits per heavy atom. The SMILES string of the molecule is CCC1(C(=O)N2CCc3ccccc3C2)CCCN1. The van der Waals surface area contributed by atoms with Gasteiger partial charge in [-0.15, -0.1) is 0 Å². The molecule has 1 unspecified atom stereocenters. The number of hydrogen-bond donors (Lipinski definition) is 1. The summed E-state index contributed by atoms with van der Waals surface area (Å²) in [7, 11) is 0. The van der Waals surface area contributed by atoms with Crippen LogP contribution in [0.25, 0.3) is 0 Å². The third kappa shape index (κ3) is 2.16. The Labute approximate surface area is 115 Å². The van der Waals surface area contributed by atoms with E-state index in [1.165, 1.54) is 11.1 Å². The van der Waals surface area contributed by atoms with Crippen LogP contribution in [0.15, 0.2) is 24.3 Å². The average molecular weight is 258 g/mol. The Kier molecular flexibility index (Phi) is 3.31. The highest BCUT2D eigenvalue weighted by molar-refractivity contribution is 5.87. The maximum Gasteiger partial charge on any atom is 0.243 e. The molecular weight excluding hydrogens is 236 g/mol. The first-order valence-electron chi connectivity index (χ1n) is 7.36. The standard InChI is InChI=1S/C16H22N2O/c1-2-16(9-5-10-17-16)15(19)18-11-8-13-6-3-4-7-14(13)12-18/h3-4,6-7,17H,2,5,8-12H2,1H3. The zero-order chi connectivity index (χ0) is 13.3. The maximum absolute atomic E-state index is 12.8. The van der Waals surface area contributed by atoms with Gasteiger partial charge in [0.2, 0.25) is 5.91 Å². The van der Waals surface area contributed by atoms with E-state index in [1.54, 1.807) is 0 Å². The highest BCUT2D eigenvalue weighted by Crippen LogP contribution is 2.28. The summed E-state index contributed by atoms with van der Waals surface area (Å²) in [5.41, 5.74) is 2.43. The number of amides is 1. The zero-order valence-corrected chi connectivity index (χ0v) is 11.6. The minimum Gasteiger partial charge on any atom is -0.336 e. The first-order valence-corrected chi connectivity index (χ1v) is 7.36. The van der Waals surface area contributed by atoms with E-state index >= 15 is 0 Å². The molecule has 0 saturated carbocycles. The summed E-state index contributed by atoms with van der Waals surface area (Å²) in [6, 6.07) is 8.48. The van der Waals surface area contributed by atoms with Crippen LogP contribution in [0.5, 0.6) is 0 Å². The Morgan fingerprint density at radius 3 is 2.84 bits per heavy atom. The number of carbonyl (C=O) groups is 1. The second-order valence-corrected chi connectivity index (χ2v) is 5.71. The summed E-state index contributed by atoms with van der Waals surface area (Å²) < 4.78 is 0. The van der Waals surface area contributed by atoms with Gasteiger partial charge in [0.25, 0.3) is 0 Å². The van der Waals surface area contributed by atoms with Crippen molar-refractivity contribution in [2.75, 3.05) is 13.1 Å². The first-order chi connectivity index (χ1) is 9.25. The largest absolute Gasteiger partial charge is 0.336 e. The van der Waals surface area contributed by atoms with E-state index in [-0.39, 0.29) is 5.54 Å². The van der Waals surface area contributed by atoms with E-state index in [0.717, 1.165) is 45.3 Å². The van der Waals surface area contributed by atoms with Gasteiger partial charge in [0, 0.05) is 13.1 Å². The van der Waals surface area contributed by atoms with Crippen molar-refractivity contribution in [3.63, 3.8) is 0 Å². The Balaban J connectivity index is 1.79. The molecule has 1 aromatic carbocycles. The van der Waals surface area contributed by atoms with Crippen LogP contribution in [-0.4, -0.2) is 29.4 Å². The minimum atomic E-state index is -0.285. The van der Waals surface area contributed by atoms with Gasteiger partial charge in [-0.25, -0.2) is 0 Å². The number of fused-ring (bicyclic) bond motifs is 1. The van der Waals surface area contributed by atoms with Gasteiger partial charge < -0.3 is 10.2 Å². The lowest BCUT2D eigenvalue weighted by molar-refractivity contribution is -0.139. The van der Waals surface area contributed by atoms with E-state index in [1.807, 2.05) is 4.90 Å². The molecule has 2 aliphatic rings. The van der Waals surface area contributed by atoms with Crippen molar-refractivity contribution >= 4 is 5.91 Å². The highest BCUT2D eigenvalue weighted by atomic mass is 16.2. The van der Waals surface area contributed by atoms with Crippen LogP contribution >= 0.6 is 0 Å². The molecule has 3 nitrogen and oxygen atoms in total. The lowest BCUT2D eigenvalue weighted by Crippen LogP contribution is -2.55. The molecule has 3 rings (SSSR count). The van der Waals surface area contributed by atoms with Gasteiger partial charge in [-0.2, -0.15) is 0 Å². The van der Waals surface area contributed by atoms with E-state index in [0.29, 0.717) is 5.91 Å². The van der Waals surface area contributed by atoms with Crippen LogP contribution < -0.4 is 5.32 Å². The molecule has 1 atom stereocenters. The maximum atomic E-state index is 12.8. The minimum absolute atomic E-state index is 0.285. The van der Waals surface area contributed by atoms with Crippen molar-refractivity contribution in [3.8, 4) is 0 Å². The normalized spacial score (nSPS) is 26.3. The third-order valence-corrected chi connectivity index (χ3v) is 4.67. The summed E-state index contributed by atoms with van der Waals surface area (Å²) >= 11 is 0. The molecule has 1 fully saturated rings. The van der Waals surface area contributed by atoms with E-state index in [2.05, 4.69) is 36.5 Å². The number of nitrogens with zero attached hydrogens (tertiary/aromatic N) is 1. The summed E-state index contributed by atoms with van der Waals surface area (Å²) in [5, 5.41) is 3.45. The molecular formula is C16H22N2O. The van der Waals surface area contributed by atoms with Crippen LogP contribution in [0.2, 0.25) is 0 Å². The quantitative estimate of drug-likeness (QED) is 0.881. The van der Waals surface area contributed by atoms with Gasteiger partial charge in [-0.3, -0.25) is 4.79 Å². The number of rotatable bonds is 2. The van der Waals surface area contributed by atoms with E-state index in [4.69, 9.17) is 0 Å². The van der Waals surface area contributed by atoms with Crippen LogP contribution in [0, 0.1) is 0 Å². The van der Waals surface area contributed by atoms with Crippen LogP contribution in [0.4, 0.5) is 0 Å². The average Bonchev–Trinajstić information content (AvgIpc) is 2.96. The molecule has 1 amide bonds. The van der Waals surface area contributed by atoms with Gasteiger partial charge in [-0.1, -0.05) is 31.2 Å². The fourth-order valence-corrected chi connectivity index (χ4v) is 3.41. The molecule has 0 spiro atoms. The van der Waals surface area contributed by atoms with Gasteiger partial charge in [-0.05, 0) is 43.4 Å². The van der Waals surface area contributed by atoms with Crippen molar-refractivity contribution in [1.82, 2.24) is 10.2 Å². The Bertz CT molecular complexity index is 477. The molecule has 3 heteroatoms. The Hall–Kier alpha value is -1.35. The molecule has 0 bridgehead atoms. The molecule has 1 N–H and O–H groups in total. The van der Waals surface area contributed by atoms with Crippen LogP contribution in [0.3, 0.4) is 0 Å². The predicted molar refractivity (Wildman–Crippen MR) is 75.8 cm³/mol. The lowest BCUT2D eigenvalue weighted by atomic mass is 9.90. The second-order valence-electron chi connectivity index (χ2n) is 5.71. The van der Waals surface area contributed by atoms with Crippen molar-refractivity contribution in [2.45, 2.75) is 44.7 Å². The second kappa shape index (κ2) is 4.97. The first kappa shape index (κ1) is 12.7. The zero-order valence-electron chi connectivity index (χ0n) is 11.6. The van der Waals surface area contributed by atoms with Gasteiger partial charge in [0.1, 0.15) is 0 Å². The van der Waals surface area contributed by atoms with Crippen LogP contribution in [-0.2, 0) is 17.8 Å². The van der Waals surface area contributed by atoms with Gasteiger partial charge >= 0.3 is 0 Å². The molecule has 1 saturated heterocycles. The molecule has 1 aromatic rings. The monoisotopic (exact) mass is 258 g/mol. The number of carbonyl (C=O) groups excluding carboxylic acids is 1. The topological polar surface area (TPSA) is 32.3 Å². The molecule has 2 aliphatic heterocycles. The fraction of sp³-hybridized carbons (Fsp3) is 0.562. The summed E-state index contributed by atoms with van der Waals surface area (Å²) in [6.07, 6.45) is 3.98. The van der Waals surface area contributed by atoms with Gasteiger partial charge in [0.05, 0.1) is 5.54 Å². The lowest BCUT2D eigenvalue weighted by Gasteiger charge is -2.36. The van der Waals surface area contributed by atoms with Gasteiger partial charge in [0.15, 0.2) is 0 Å². The number of hydrogen-bond acceptors (Lipinski definition) is 2. The number of nitrogens with one attached hydrogen (secondary N) is 1. The summed E-state index contributed by atoms with van der Waals surface area (Å²) in [4.78, 5) is 14.9. The van der Waals surface area contributed by atoms with Crippen molar-refractivity contribution in [2.24, 2.45) is 0 Å². The van der Waals surface area contributed by atoms with Crippen LogP contribution in [0.1, 0.15) is 37.3 Å². The van der Waals surface area contributed by atoms with E-state index in [9.17, 15) is 4.79 Å². The molecule has 2 heterocycles. The third-order valence-electron chi connectivity index (χ3n) is 4.67. The van der Waals surface area contributed by atoms with E-state index < -0.39 is 0 Å². The van der Waals surface area contributed by atoms with Crippen molar-refractivity contribution < 1.29 is 4.79 Å². The summed E-state index contributed by atoms with van der Waals surface area (Å²) in [5.74, 6) is 0.307. The predicted octanol–water partition coefficient (Wildman–Crippen LogP) is 2.10. The smallest absolute Gasteiger partial charge is 0.243 e. The number of benzene rings is 1. The van der Waals surface area contributed by atoms with Crippen molar-refractivity contribution in [1.29, 1.82) is 0 Å². The highest BCUT2D eigenvalue weighted by Gasteiger charge is 2.42. The Morgan fingerprint density at radius 1 is 1.37 bits per heavy atom. The summed E-state index contributed by atoms with van der Waals surface area (Å²) in [6.45, 7) is 4.73. The molecule has 19 heavy (non-hydrogen) atoms. The molecule has 0 aromatic heterocycles. The molecule has 0 aliphatic carbocycles. The fourth-order valence-electron chi connectivity index (χ4n) is 3.41.